The molecule has 0 amide bonds. The quantitative estimate of drug-likeness (QED) is 0.842. The number of halogens is 2. The Kier molecular flexibility index (Phi) is 4.45. The number of alkyl halides is 2. The largest absolute Gasteiger partial charge is 0.314 e. The van der Waals surface area contributed by atoms with E-state index in [1.165, 1.54) is 0 Å². The number of benzene rings is 1. The number of nitrogens with one attached hydrogen (secondary N) is 2. The second kappa shape index (κ2) is 6.07. The summed E-state index contributed by atoms with van der Waals surface area (Å²) < 4.78 is 27.4. The molecule has 1 heterocycles. The number of rotatable bonds is 3. The molecule has 2 nitrogen and oxygen atoms in total. The van der Waals surface area contributed by atoms with Gasteiger partial charge < -0.3 is 10.6 Å². The molecule has 3 unspecified atom stereocenters. The third-order valence-electron chi connectivity index (χ3n) is 3.10. The van der Waals surface area contributed by atoms with Gasteiger partial charge >= 0.3 is 0 Å². The number of hydrogen-bond acceptors (Lipinski definition) is 2. The Morgan fingerprint density at radius 1 is 1.18 bits per heavy atom. The minimum absolute atomic E-state index is 0.229. The molecule has 1 aliphatic rings. The van der Waals surface area contributed by atoms with Crippen LogP contribution >= 0.6 is 0 Å². The van der Waals surface area contributed by atoms with Gasteiger partial charge in [-0.3, -0.25) is 0 Å². The molecule has 17 heavy (non-hydrogen) atoms. The molecule has 2 rings (SSSR count). The van der Waals surface area contributed by atoms with Crippen LogP contribution in [0, 0.1) is 0 Å². The highest BCUT2D eigenvalue weighted by Gasteiger charge is 2.31. The van der Waals surface area contributed by atoms with Crippen LogP contribution in [0.15, 0.2) is 30.3 Å². The lowest BCUT2D eigenvalue weighted by Gasteiger charge is -2.22. The Morgan fingerprint density at radius 2 is 1.94 bits per heavy atom. The van der Waals surface area contributed by atoms with E-state index in [9.17, 15) is 8.78 Å². The smallest absolute Gasteiger partial charge is 0.131 e. The average molecular weight is 240 g/mol. The first-order chi connectivity index (χ1) is 8.27. The van der Waals surface area contributed by atoms with Crippen molar-refractivity contribution in [1.82, 2.24) is 10.6 Å². The minimum atomic E-state index is -1.17. The average Bonchev–Trinajstić information content (AvgIpc) is 2.50. The van der Waals surface area contributed by atoms with Crippen molar-refractivity contribution in [2.24, 2.45) is 0 Å². The second-order valence-corrected chi connectivity index (χ2v) is 4.42. The summed E-state index contributed by atoms with van der Waals surface area (Å²) in [4.78, 5) is 0. The van der Waals surface area contributed by atoms with E-state index < -0.39 is 18.4 Å². The molecule has 3 atom stereocenters. The summed E-state index contributed by atoms with van der Waals surface area (Å²) in [6.45, 7) is 1.28. The Hall–Kier alpha value is -1.00. The van der Waals surface area contributed by atoms with Crippen molar-refractivity contribution >= 4 is 0 Å². The van der Waals surface area contributed by atoms with E-state index in [2.05, 4.69) is 10.6 Å². The van der Waals surface area contributed by atoms with E-state index in [1.807, 2.05) is 30.3 Å². The van der Waals surface area contributed by atoms with E-state index in [0.717, 1.165) is 5.56 Å². The van der Waals surface area contributed by atoms with Crippen molar-refractivity contribution in [3.05, 3.63) is 35.9 Å². The van der Waals surface area contributed by atoms with E-state index in [0.29, 0.717) is 19.5 Å². The van der Waals surface area contributed by atoms with Crippen LogP contribution in [0.1, 0.15) is 12.0 Å². The van der Waals surface area contributed by atoms with Gasteiger partial charge in [0.1, 0.15) is 12.3 Å². The van der Waals surface area contributed by atoms with Gasteiger partial charge in [-0.25, -0.2) is 8.78 Å². The Bertz CT molecular complexity index is 319. The molecule has 4 heteroatoms. The van der Waals surface area contributed by atoms with Crippen LogP contribution in [0.4, 0.5) is 8.78 Å². The summed E-state index contributed by atoms with van der Waals surface area (Å²) in [5.41, 5.74) is 1.05. The van der Waals surface area contributed by atoms with Crippen molar-refractivity contribution in [3.8, 4) is 0 Å². The molecule has 94 valence electrons. The van der Waals surface area contributed by atoms with Gasteiger partial charge in [0.15, 0.2) is 0 Å². The van der Waals surface area contributed by atoms with Gasteiger partial charge in [-0.15, -0.1) is 0 Å². The van der Waals surface area contributed by atoms with E-state index in [4.69, 9.17) is 0 Å². The molecule has 0 saturated carbocycles. The molecule has 1 aromatic rings. The van der Waals surface area contributed by atoms with Gasteiger partial charge in [0.2, 0.25) is 0 Å². The summed E-state index contributed by atoms with van der Waals surface area (Å²) in [5, 5.41) is 5.89. The third-order valence-corrected chi connectivity index (χ3v) is 3.10. The maximum atomic E-state index is 13.7. The Morgan fingerprint density at radius 3 is 2.71 bits per heavy atom. The molecule has 1 fully saturated rings. The van der Waals surface area contributed by atoms with E-state index in [-0.39, 0.29) is 6.54 Å². The van der Waals surface area contributed by atoms with Crippen molar-refractivity contribution in [2.75, 3.05) is 13.1 Å². The second-order valence-electron chi connectivity index (χ2n) is 4.42. The van der Waals surface area contributed by atoms with Crippen molar-refractivity contribution in [2.45, 2.75) is 31.4 Å². The van der Waals surface area contributed by atoms with E-state index in [1.54, 1.807) is 0 Å². The zero-order valence-corrected chi connectivity index (χ0v) is 9.70. The highest BCUT2D eigenvalue weighted by molar-refractivity contribution is 5.14. The van der Waals surface area contributed by atoms with Crippen LogP contribution in [-0.4, -0.2) is 31.5 Å². The molecule has 1 aliphatic heterocycles. The van der Waals surface area contributed by atoms with Crippen molar-refractivity contribution < 1.29 is 8.78 Å². The SMILES string of the molecule is FC1CCNCC(F)C1NCc1ccccc1. The standard InChI is InChI=1S/C13H18F2N2/c14-11-6-7-16-9-12(15)13(11)17-8-10-4-2-1-3-5-10/h1-5,11-13,16-17H,6-9H2. The zero-order valence-electron chi connectivity index (χ0n) is 9.70. The lowest BCUT2D eigenvalue weighted by Crippen LogP contribution is -2.45. The molecule has 1 aromatic carbocycles. The maximum absolute atomic E-state index is 13.7. The highest BCUT2D eigenvalue weighted by Crippen LogP contribution is 2.14. The summed E-state index contributed by atoms with van der Waals surface area (Å²) in [6, 6.07) is 8.96. The fourth-order valence-electron chi connectivity index (χ4n) is 2.10. The molecule has 1 saturated heterocycles. The zero-order chi connectivity index (χ0) is 12.1. The lowest BCUT2D eigenvalue weighted by molar-refractivity contribution is 0.163. The first kappa shape index (κ1) is 12.5. The molecular formula is C13H18F2N2. The first-order valence-corrected chi connectivity index (χ1v) is 6.03. The van der Waals surface area contributed by atoms with Crippen LogP contribution < -0.4 is 10.6 Å². The first-order valence-electron chi connectivity index (χ1n) is 6.03. The van der Waals surface area contributed by atoms with Gasteiger partial charge in [0.05, 0.1) is 6.04 Å². The van der Waals surface area contributed by atoms with Crippen molar-refractivity contribution in [3.63, 3.8) is 0 Å². The summed E-state index contributed by atoms with van der Waals surface area (Å²) in [5.74, 6) is 0. The Labute approximate surface area is 100 Å². The van der Waals surface area contributed by atoms with E-state index >= 15 is 0 Å². The van der Waals surface area contributed by atoms with Gasteiger partial charge in [0.25, 0.3) is 0 Å². The van der Waals surface area contributed by atoms with Gasteiger partial charge in [0, 0.05) is 13.1 Å². The van der Waals surface area contributed by atoms with Crippen LogP contribution in [0.25, 0.3) is 0 Å². The van der Waals surface area contributed by atoms with Gasteiger partial charge in [-0.05, 0) is 18.5 Å². The fraction of sp³-hybridized carbons (Fsp3) is 0.538. The van der Waals surface area contributed by atoms with Gasteiger partial charge in [-0.2, -0.15) is 0 Å². The molecule has 0 radical (unpaired) electrons. The molecule has 0 spiro atoms. The van der Waals surface area contributed by atoms with Crippen molar-refractivity contribution in [1.29, 1.82) is 0 Å². The Balaban J connectivity index is 1.92. The molecular weight excluding hydrogens is 222 g/mol. The normalized spacial score (nSPS) is 29.9. The minimum Gasteiger partial charge on any atom is -0.314 e. The van der Waals surface area contributed by atoms with Crippen LogP contribution in [0.2, 0.25) is 0 Å². The molecule has 0 aliphatic carbocycles. The monoisotopic (exact) mass is 240 g/mol. The van der Waals surface area contributed by atoms with Crippen LogP contribution in [-0.2, 0) is 6.54 Å². The maximum Gasteiger partial charge on any atom is 0.131 e. The lowest BCUT2D eigenvalue weighted by atomic mass is 10.1. The molecule has 0 aromatic heterocycles. The topological polar surface area (TPSA) is 24.1 Å². The summed E-state index contributed by atoms with van der Waals surface area (Å²) >= 11 is 0. The third kappa shape index (κ3) is 3.48. The predicted molar refractivity (Wildman–Crippen MR) is 64.3 cm³/mol. The molecule has 2 N–H and O–H groups in total. The highest BCUT2D eigenvalue weighted by atomic mass is 19.1. The summed E-state index contributed by atoms with van der Waals surface area (Å²) in [7, 11) is 0. The number of hydrogen-bond donors (Lipinski definition) is 2. The van der Waals surface area contributed by atoms with Gasteiger partial charge in [-0.1, -0.05) is 30.3 Å². The van der Waals surface area contributed by atoms with Crippen LogP contribution in [0.3, 0.4) is 0 Å². The summed E-state index contributed by atoms with van der Waals surface area (Å²) in [6.07, 6.45) is -1.92. The predicted octanol–water partition coefficient (Wildman–Crippen LogP) is 1.81. The molecule has 0 bridgehead atoms. The van der Waals surface area contributed by atoms with Crippen LogP contribution in [0.5, 0.6) is 0 Å². The fourth-order valence-corrected chi connectivity index (χ4v) is 2.10.